The third-order valence-electron chi connectivity index (χ3n) is 8.56. The first kappa shape index (κ1) is 25.3. The molecule has 3 aliphatic heterocycles. The molecule has 0 saturated carbocycles. The number of fused-ring (bicyclic) bond motifs is 6. The zero-order chi connectivity index (χ0) is 28.3. The molecule has 0 aromatic heterocycles. The molecule has 3 aliphatic rings. The van der Waals surface area contributed by atoms with Crippen molar-refractivity contribution >= 4 is 46.5 Å². The fraction of sp³-hybridized carbons (Fsp3) is 0.147. The first-order chi connectivity index (χ1) is 19.9. The van der Waals surface area contributed by atoms with Crippen molar-refractivity contribution in [1.82, 2.24) is 0 Å². The van der Waals surface area contributed by atoms with Gasteiger partial charge in [-0.3, -0.25) is 14.4 Å². The molecule has 1 amide bonds. The molecule has 0 bridgehead atoms. The number of Topliss-reactive ketones (excluding diaryl/α,β-unsaturated/α-hetero) is 2. The average Bonchev–Trinajstić information content (AvgIpc) is 3.49. The number of carbonyl (C=O) groups is 3. The lowest BCUT2D eigenvalue weighted by Crippen LogP contribution is -2.51. The van der Waals surface area contributed by atoms with Crippen LogP contribution in [0, 0.1) is 5.92 Å². The van der Waals surface area contributed by atoms with E-state index in [0.29, 0.717) is 33.1 Å². The Hall–Kier alpha value is -4.68. The number of rotatable bonds is 5. The van der Waals surface area contributed by atoms with Gasteiger partial charge in [0.15, 0.2) is 11.6 Å². The highest BCUT2D eigenvalue weighted by Gasteiger charge is 2.70. The smallest absolute Gasteiger partial charge is 0.238 e. The van der Waals surface area contributed by atoms with Crippen molar-refractivity contribution in [2.24, 2.45) is 5.92 Å². The number of benzene rings is 4. The quantitative estimate of drug-likeness (QED) is 0.294. The summed E-state index contributed by atoms with van der Waals surface area (Å²) in [5.74, 6) is -1.38. The van der Waals surface area contributed by atoms with Crippen LogP contribution in [0.5, 0.6) is 5.75 Å². The van der Waals surface area contributed by atoms with Crippen molar-refractivity contribution in [3.05, 3.63) is 130 Å². The van der Waals surface area contributed by atoms with Crippen LogP contribution >= 0.6 is 11.6 Å². The van der Waals surface area contributed by atoms with Gasteiger partial charge in [-0.05, 0) is 47.5 Å². The van der Waals surface area contributed by atoms with Crippen molar-refractivity contribution in [3.63, 3.8) is 0 Å². The molecule has 7 heteroatoms. The lowest BCUT2D eigenvalue weighted by molar-refractivity contribution is -0.121. The Labute approximate surface area is 242 Å². The molecule has 4 aromatic rings. The van der Waals surface area contributed by atoms with Gasteiger partial charge in [0.25, 0.3) is 0 Å². The Kier molecular flexibility index (Phi) is 5.84. The number of carbonyl (C=O) groups excluding carboxylic acids is 3. The SMILES string of the molecule is COc1cccc(C(=O)[C@H]2[C@H](C(=O)c3ccccc3)N3c4ccc(Cl)cc4C=C[C@@H]3[C@]23C(=O)Nc2ccccc23)c1. The highest BCUT2D eigenvalue weighted by atomic mass is 35.5. The van der Waals surface area contributed by atoms with Gasteiger partial charge in [-0.15, -0.1) is 0 Å². The monoisotopic (exact) mass is 560 g/mol. The second-order valence-corrected chi connectivity index (χ2v) is 11.0. The molecule has 0 radical (unpaired) electrons. The van der Waals surface area contributed by atoms with E-state index in [0.717, 1.165) is 11.3 Å². The van der Waals surface area contributed by atoms with Gasteiger partial charge in [-0.1, -0.05) is 84.4 Å². The lowest BCUT2D eigenvalue weighted by atomic mass is 9.64. The van der Waals surface area contributed by atoms with E-state index < -0.39 is 23.4 Å². The summed E-state index contributed by atoms with van der Waals surface area (Å²) in [6, 6.07) is 27.1. The summed E-state index contributed by atoms with van der Waals surface area (Å²) >= 11 is 6.36. The van der Waals surface area contributed by atoms with Gasteiger partial charge in [0, 0.05) is 27.5 Å². The molecule has 0 aliphatic carbocycles. The normalized spacial score (nSPS) is 23.5. The first-order valence-electron chi connectivity index (χ1n) is 13.4. The number of amides is 1. The minimum absolute atomic E-state index is 0.234. The Morgan fingerprint density at radius 3 is 2.44 bits per heavy atom. The summed E-state index contributed by atoms with van der Waals surface area (Å²) in [4.78, 5) is 45.8. The number of nitrogens with zero attached hydrogens (tertiary/aromatic N) is 1. The molecule has 3 heterocycles. The second kappa shape index (κ2) is 9.46. The number of ketones is 2. The zero-order valence-electron chi connectivity index (χ0n) is 22.1. The van der Waals surface area contributed by atoms with Crippen LogP contribution in [0.1, 0.15) is 31.8 Å². The minimum atomic E-state index is -1.38. The largest absolute Gasteiger partial charge is 0.497 e. The number of anilines is 2. The van der Waals surface area contributed by atoms with Gasteiger partial charge >= 0.3 is 0 Å². The summed E-state index contributed by atoms with van der Waals surface area (Å²) in [7, 11) is 1.54. The maximum absolute atomic E-state index is 14.8. The van der Waals surface area contributed by atoms with Crippen molar-refractivity contribution in [3.8, 4) is 5.75 Å². The average molecular weight is 561 g/mol. The van der Waals surface area contributed by atoms with E-state index in [-0.39, 0.29) is 17.5 Å². The zero-order valence-corrected chi connectivity index (χ0v) is 22.8. The van der Waals surface area contributed by atoms with E-state index in [4.69, 9.17) is 16.3 Å². The molecular weight excluding hydrogens is 536 g/mol. The molecule has 1 saturated heterocycles. The fourth-order valence-electron chi connectivity index (χ4n) is 6.88. The molecule has 4 atom stereocenters. The molecule has 7 rings (SSSR count). The van der Waals surface area contributed by atoms with Crippen LogP contribution in [0.15, 0.2) is 103 Å². The van der Waals surface area contributed by atoms with Crippen LogP contribution in [-0.2, 0) is 10.2 Å². The van der Waals surface area contributed by atoms with Crippen molar-refractivity contribution in [1.29, 1.82) is 0 Å². The number of methoxy groups -OCH3 is 1. The maximum Gasteiger partial charge on any atom is 0.238 e. The Morgan fingerprint density at radius 1 is 0.878 bits per heavy atom. The number of para-hydroxylation sites is 1. The summed E-state index contributed by atoms with van der Waals surface area (Å²) in [6.45, 7) is 0. The molecule has 1 fully saturated rings. The molecule has 202 valence electrons. The maximum atomic E-state index is 14.8. The number of ether oxygens (including phenoxy) is 1. The third-order valence-corrected chi connectivity index (χ3v) is 8.79. The molecule has 1 spiro atoms. The van der Waals surface area contributed by atoms with Crippen LogP contribution in [0.2, 0.25) is 5.02 Å². The number of hydrogen-bond donors (Lipinski definition) is 1. The highest BCUT2D eigenvalue weighted by Crippen LogP contribution is 2.58. The lowest BCUT2D eigenvalue weighted by Gasteiger charge is -2.37. The van der Waals surface area contributed by atoms with E-state index in [1.54, 1.807) is 54.6 Å². The molecular formula is C34H25ClN2O4. The van der Waals surface area contributed by atoms with E-state index >= 15 is 0 Å². The van der Waals surface area contributed by atoms with E-state index in [1.165, 1.54) is 7.11 Å². The van der Waals surface area contributed by atoms with E-state index in [9.17, 15) is 14.4 Å². The standard InChI is InChI=1S/C34H25ClN2O4/c1-41-24-11-7-10-22(19-24)31(38)29-30(32(39)20-8-3-2-4-9-20)37-27-16-15-23(35)18-21(27)14-17-28(37)34(29)25-12-5-6-13-26(25)36-33(34)40/h2-19,28-30H,1H3,(H,36,40)/t28-,29-,30-,34+/m1/s1. The van der Waals surface area contributed by atoms with Crippen LogP contribution in [0.25, 0.3) is 6.08 Å². The van der Waals surface area contributed by atoms with Crippen LogP contribution in [-0.4, -0.2) is 36.7 Å². The van der Waals surface area contributed by atoms with E-state index in [2.05, 4.69) is 5.32 Å². The molecule has 1 N–H and O–H groups in total. The first-order valence-corrected chi connectivity index (χ1v) is 13.8. The highest BCUT2D eigenvalue weighted by molar-refractivity contribution is 6.31. The second-order valence-electron chi connectivity index (χ2n) is 10.5. The van der Waals surface area contributed by atoms with Gasteiger partial charge < -0.3 is 15.0 Å². The molecule has 41 heavy (non-hydrogen) atoms. The Balaban J connectivity index is 1.54. The summed E-state index contributed by atoms with van der Waals surface area (Å²) < 4.78 is 5.43. The van der Waals surface area contributed by atoms with Crippen LogP contribution in [0.3, 0.4) is 0 Å². The van der Waals surface area contributed by atoms with Gasteiger partial charge in [0.1, 0.15) is 17.2 Å². The number of hydrogen-bond acceptors (Lipinski definition) is 5. The summed E-state index contributed by atoms with van der Waals surface area (Å²) in [5.41, 5.74) is 2.37. The molecule has 6 nitrogen and oxygen atoms in total. The predicted molar refractivity (Wildman–Crippen MR) is 159 cm³/mol. The van der Waals surface area contributed by atoms with E-state index in [1.807, 2.05) is 59.5 Å². The minimum Gasteiger partial charge on any atom is -0.497 e. The summed E-state index contributed by atoms with van der Waals surface area (Å²) in [6.07, 6.45) is 3.87. The fourth-order valence-corrected chi connectivity index (χ4v) is 7.06. The summed E-state index contributed by atoms with van der Waals surface area (Å²) in [5, 5.41) is 3.60. The molecule has 4 aromatic carbocycles. The number of halogens is 1. The van der Waals surface area contributed by atoms with Crippen molar-refractivity contribution in [2.45, 2.75) is 17.5 Å². The van der Waals surface area contributed by atoms with Gasteiger partial charge in [-0.25, -0.2) is 0 Å². The van der Waals surface area contributed by atoms with Crippen LogP contribution in [0.4, 0.5) is 11.4 Å². The van der Waals surface area contributed by atoms with Crippen LogP contribution < -0.4 is 15.0 Å². The van der Waals surface area contributed by atoms with Gasteiger partial charge in [-0.2, -0.15) is 0 Å². The molecule has 0 unspecified atom stereocenters. The van der Waals surface area contributed by atoms with Gasteiger partial charge in [0.2, 0.25) is 5.91 Å². The van der Waals surface area contributed by atoms with Crippen molar-refractivity contribution in [2.75, 3.05) is 17.3 Å². The predicted octanol–water partition coefficient (Wildman–Crippen LogP) is 6.20. The third kappa shape index (κ3) is 3.60. The number of nitrogens with one attached hydrogen (secondary N) is 1. The Bertz CT molecular complexity index is 1770. The Morgan fingerprint density at radius 2 is 1.63 bits per heavy atom. The topological polar surface area (TPSA) is 75.7 Å². The van der Waals surface area contributed by atoms with Crippen molar-refractivity contribution < 1.29 is 19.1 Å². The van der Waals surface area contributed by atoms with Gasteiger partial charge in [0.05, 0.1) is 19.1 Å².